The van der Waals surface area contributed by atoms with Gasteiger partial charge in [0, 0.05) is 5.02 Å². The van der Waals surface area contributed by atoms with E-state index >= 15 is 0 Å². The molecule has 0 amide bonds. The number of rotatable bonds is 8. The minimum Gasteiger partial charge on any atom is -0.493 e. The number of methoxy groups -OCH3 is 1. The first-order valence-electron chi connectivity index (χ1n) is 10.0. The zero-order valence-corrected chi connectivity index (χ0v) is 18.6. The fourth-order valence-electron chi connectivity index (χ4n) is 3.06. The van der Waals surface area contributed by atoms with Crippen LogP contribution in [-0.4, -0.2) is 19.7 Å². The molecule has 3 aromatic carbocycles. The van der Waals surface area contributed by atoms with E-state index in [1.54, 1.807) is 48.5 Å². The summed E-state index contributed by atoms with van der Waals surface area (Å²) < 4.78 is 16.4. The molecule has 3 rings (SSSR count). The quantitative estimate of drug-likeness (QED) is 0.184. The van der Waals surface area contributed by atoms with Gasteiger partial charge in [-0.25, -0.2) is 4.79 Å². The van der Waals surface area contributed by atoms with Crippen LogP contribution in [0.5, 0.6) is 17.2 Å². The number of carbonyl (C=O) groups excluding carboxylic acids is 1. The van der Waals surface area contributed by atoms with Crippen LogP contribution < -0.4 is 14.2 Å². The van der Waals surface area contributed by atoms with Crippen molar-refractivity contribution in [3.63, 3.8) is 0 Å². The van der Waals surface area contributed by atoms with Crippen molar-refractivity contribution in [2.24, 2.45) is 0 Å². The summed E-state index contributed by atoms with van der Waals surface area (Å²) in [5.41, 5.74) is 2.96. The van der Waals surface area contributed by atoms with Gasteiger partial charge in [-0.05, 0) is 59.5 Å². The Bertz CT molecular complexity index is 1160. The molecule has 0 spiro atoms. The van der Waals surface area contributed by atoms with Gasteiger partial charge >= 0.3 is 5.97 Å². The number of para-hydroxylation sites is 1. The lowest BCUT2D eigenvalue weighted by Gasteiger charge is -2.12. The molecule has 0 unspecified atom stereocenters. The van der Waals surface area contributed by atoms with Crippen molar-refractivity contribution < 1.29 is 19.0 Å². The number of allylic oxidation sites excluding steroid dienone is 1. The van der Waals surface area contributed by atoms with E-state index in [1.807, 2.05) is 31.2 Å². The van der Waals surface area contributed by atoms with E-state index in [0.717, 1.165) is 23.1 Å². The Morgan fingerprint density at radius 3 is 2.47 bits per heavy atom. The van der Waals surface area contributed by atoms with Crippen molar-refractivity contribution in [2.75, 3.05) is 13.7 Å². The van der Waals surface area contributed by atoms with Gasteiger partial charge in [-0.3, -0.25) is 0 Å². The third-order valence-corrected chi connectivity index (χ3v) is 4.95. The molecule has 162 valence electrons. The second-order valence-electron chi connectivity index (χ2n) is 6.81. The molecule has 0 radical (unpaired) electrons. The van der Waals surface area contributed by atoms with Crippen molar-refractivity contribution in [2.45, 2.75) is 13.3 Å². The molecule has 0 N–H and O–H groups in total. The molecular weight excluding hydrogens is 426 g/mol. The molecule has 6 heteroatoms. The summed E-state index contributed by atoms with van der Waals surface area (Å²) >= 11 is 5.92. The van der Waals surface area contributed by atoms with Crippen molar-refractivity contribution >= 4 is 29.2 Å². The van der Waals surface area contributed by atoms with Gasteiger partial charge in [0.1, 0.15) is 5.75 Å². The molecular formula is C26H22ClNO4. The first-order chi connectivity index (χ1) is 15.5. The van der Waals surface area contributed by atoms with Crippen LogP contribution in [0, 0.1) is 11.3 Å². The van der Waals surface area contributed by atoms with Crippen LogP contribution in [0.15, 0.2) is 66.7 Å². The Labute approximate surface area is 192 Å². The molecule has 0 bridgehead atoms. The Morgan fingerprint density at radius 2 is 1.78 bits per heavy atom. The van der Waals surface area contributed by atoms with E-state index in [9.17, 15) is 10.1 Å². The Balaban J connectivity index is 1.72. The number of aryl methyl sites for hydroxylation is 1. The van der Waals surface area contributed by atoms with Crippen LogP contribution in [0.25, 0.3) is 11.6 Å². The predicted octanol–water partition coefficient (Wildman–Crippen LogP) is 5.96. The highest BCUT2D eigenvalue weighted by atomic mass is 35.5. The summed E-state index contributed by atoms with van der Waals surface area (Å²) in [6.07, 6.45) is 2.52. The highest BCUT2D eigenvalue weighted by molar-refractivity contribution is 6.30. The van der Waals surface area contributed by atoms with Crippen molar-refractivity contribution in [1.82, 2.24) is 0 Å². The number of carbonyl (C=O) groups is 1. The smallest absolute Gasteiger partial charge is 0.349 e. The molecule has 0 heterocycles. The van der Waals surface area contributed by atoms with Crippen LogP contribution in [0.3, 0.4) is 0 Å². The van der Waals surface area contributed by atoms with Crippen molar-refractivity contribution in [3.05, 3.63) is 88.4 Å². The van der Waals surface area contributed by atoms with E-state index in [1.165, 1.54) is 7.11 Å². The van der Waals surface area contributed by atoms with Crippen LogP contribution in [0.1, 0.15) is 23.6 Å². The number of nitrogens with zero attached hydrogens (tertiary/aromatic N) is 1. The molecule has 0 aromatic heterocycles. The van der Waals surface area contributed by atoms with Crippen LogP contribution >= 0.6 is 11.6 Å². The van der Waals surface area contributed by atoms with Gasteiger partial charge < -0.3 is 14.2 Å². The highest BCUT2D eigenvalue weighted by Gasteiger charge is 2.13. The average Bonchev–Trinajstić information content (AvgIpc) is 2.82. The van der Waals surface area contributed by atoms with E-state index < -0.39 is 5.97 Å². The zero-order valence-electron chi connectivity index (χ0n) is 17.8. The van der Waals surface area contributed by atoms with E-state index in [4.69, 9.17) is 25.8 Å². The number of halogens is 1. The molecule has 0 aliphatic carbocycles. The van der Waals surface area contributed by atoms with Gasteiger partial charge in [0.05, 0.1) is 18.8 Å². The minimum absolute atomic E-state index is 0.225. The maximum Gasteiger partial charge on any atom is 0.349 e. The Morgan fingerprint density at radius 1 is 1.03 bits per heavy atom. The third-order valence-electron chi connectivity index (χ3n) is 4.70. The number of nitriles is 1. The highest BCUT2D eigenvalue weighted by Crippen LogP contribution is 2.30. The van der Waals surface area contributed by atoms with E-state index in [-0.39, 0.29) is 12.4 Å². The second-order valence-corrected chi connectivity index (χ2v) is 7.25. The summed E-state index contributed by atoms with van der Waals surface area (Å²) in [7, 11) is 1.48. The molecule has 5 nitrogen and oxygen atoms in total. The largest absolute Gasteiger partial charge is 0.493 e. The minimum atomic E-state index is -0.545. The lowest BCUT2D eigenvalue weighted by molar-refractivity contribution is -0.136. The van der Waals surface area contributed by atoms with Gasteiger partial charge in [-0.2, -0.15) is 5.26 Å². The molecule has 0 saturated heterocycles. The monoisotopic (exact) mass is 447 g/mol. The first-order valence-corrected chi connectivity index (χ1v) is 10.4. The Hall–Kier alpha value is -3.75. The number of esters is 1. The summed E-state index contributed by atoms with van der Waals surface area (Å²) in [4.78, 5) is 12.3. The third kappa shape index (κ3) is 5.90. The zero-order chi connectivity index (χ0) is 22.9. The summed E-state index contributed by atoms with van der Waals surface area (Å²) in [5, 5.41) is 10.1. The SMILES string of the molecule is CCc1ccccc1OCC(=O)Oc1ccc(/C=C(\C#N)c2ccc(Cl)cc2)cc1OC. The average molecular weight is 448 g/mol. The number of ether oxygens (including phenoxy) is 3. The van der Waals surface area contributed by atoms with Gasteiger partial charge in [0.2, 0.25) is 0 Å². The molecule has 0 aliphatic rings. The van der Waals surface area contributed by atoms with Crippen molar-refractivity contribution in [1.29, 1.82) is 5.26 Å². The maximum absolute atomic E-state index is 12.3. The first kappa shape index (κ1) is 22.9. The van der Waals surface area contributed by atoms with Gasteiger partial charge in [0.15, 0.2) is 18.1 Å². The molecule has 0 saturated carbocycles. The van der Waals surface area contributed by atoms with Crippen LogP contribution in [-0.2, 0) is 11.2 Å². The van der Waals surface area contributed by atoms with Crippen LogP contribution in [0.2, 0.25) is 5.02 Å². The van der Waals surface area contributed by atoms with E-state index in [0.29, 0.717) is 22.1 Å². The lowest BCUT2D eigenvalue weighted by atomic mass is 10.0. The molecule has 3 aromatic rings. The maximum atomic E-state index is 12.3. The Kier molecular flexibility index (Phi) is 7.91. The van der Waals surface area contributed by atoms with Gasteiger partial charge in [0.25, 0.3) is 0 Å². The second kappa shape index (κ2) is 11.0. The van der Waals surface area contributed by atoms with Gasteiger partial charge in [-0.15, -0.1) is 0 Å². The fraction of sp³-hybridized carbons (Fsp3) is 0.154. The lowest BCUT2D eigenvalue weighted by Crippen LogP contribution is -2.18. The van der Waals surface area contributed by atoms with E-state index in [2.05, 4.69) is 6.07 Å². The topological polar surface area (TPSA) is 68.5 Å². The standard InChI is InChI=1S/C26H22ClNO4/c1-3-19-6-4-5-7-23(19)31-17-26(29)32-24-13-8-18(15-25(24)30-2)14-21(16-28)20-9-11-22(27)12-10-20/h4-15H,3,17H2,1-2H3/b21-14+. The molecule has 0 aliphatic heterocycles. The summed E-state index contributed by atoms with van der Waals surface area (Å²) in [6.45, 7) is 1.79. The molecule has 0 atom stereocenters. The van der Waals surface area contributed by atoms with Crippen molar-refractivity contribution in [3.8, 4) is 23.3 Å². The number of benzene rings is 3. The predicted molar refractivity (Wildman–Crippen MR) is 125 cm³/mol. The molecule has 32 heavy (non-hydrogen) atoms. The number of hydrogen-bond acceptors (Lipinski definition) is 5. The fourth-order valence-corrected chi connectivity index (χ4v) is 3.19. The molecule has 0 fully saturated rings. The normalized spacial score (nSPS) is 10.9. The summed E-state index contributed by atoms with van der Waals surface area (Å²) in [6, 6.07) is 21.8. The van der Waals surface area contributed by atoms with Crippen LogP contribution in [0.4, 0.5) is 0 Å². The summed E-state index contributed by atoms with van der Waals surface area (Å²) in [5.74, 6) is 0.753. The van der Waals surface area contributed by atoms with Gasteiger partial charge in [-0.1, -0.05) is 54.9 Å². The number of hydrogen-bond donors (Lipinski definition) is 0.